The van der Waals surface area contributed by atoms with Gasteiger partial charge in [-0.3, -0.25) is 25.2 Å². The zero-order valence-corrected chi connectivity index (χ0v) is 16.0. The predicted octanol–water partition coefficient (Wildman–Crippen LogP) is 2.49. The molecule has 9 heteroatoms. The molecule has 25 heavy (non-hydrogen) atoms. The molecule has 1 aromatic rings. The Morgan fingerprint density at radius 1 is 1.28 bits per heavy atom. The molecule has 1 saturated heterocycles. The van der Waals surface area contributed by atoms with Gasteiger partial charge in [0.15, 0.2) is 0 Å². The van der Waals surface area contributed by atoms with Crippen molar-refractivity contribution in [3.05, 3.63) is 28.2 Å². The summed E-state index contributed by atoms with van der Waals surface area (Å²) in [6.07, 6.45) is 1.47. The van der Waals surface area contributed by atoms with Crippen LogP contribution in [0, 0.1) is 5.92 Å². The predicted molar refractivity (Wildman–Crippen MR) is 98.4 cm³/mol. The number of thioether (sulfide) groups is 1. The van der Waals surface area contributed by atoms with E-state index in [1.807, 2.05) is 0 Å². The summed E-state index contributed by atoms with van der Waals surface area (Å²) in [6, 6.07) is 5.01. The lowest BCUT2D eigenvalue weighted by atomic mass is 9.97. The monoisotopic (exact) mass is 403 g/mol. The van der Waals surface area contributed by atoms with Gasteiger partial charge in [-0.2, -0.15) is 0 Å². The number of likely N-dealkylation sites (tertiary alicyclic amines) is 1. The molecule has 3 amide bonds. The van der Waals surface area contributed by atoms with Crippen molar-refractivity contribution < 1.29 is 14.4 Å². The molecule has 2 N–H and O–H groups in total. The molecular formula is C16H19Cl2N3O3S. The summed E-state index contributed by atoms with van der Waals surface area (Å²) in [5, 5.41) is 1.05. The Morgan fingerprint density at radius 3 is 2.76 bits per heavy atom. The number of nitrogens with zero attached hydrogens (tertiary/aromatic N) is 1. The van der Waals surface area contributed by atoms with E-state index in [9.17, 15) is 14.4 Å². The first-order valence-electron chi connectivity index (χ1n) is 7.79. The molecule has 0 saturated carbocycles. The largest absolute Gasteiger partial charge is 0.342 e. The summed E-state index contributed by atoms with van der Waals surface area (Å²) in [5.41, 5.74) is 4.81. The SMILES string of the molecule is CC(=O)N1CCC[C@H](C(=O)NNC(=O)CSc2cc(Cl)ccc2Cl)C1. The second-order valence-corrected chi connectivity index (χ2v) is 7.57. The molecule has 1 aliphatic heterocycles. The van der Waals surface area contributed by atoms with Gasteiger partial charge in [-0.15, -0.1) is 11.8 Å². The lowest BCUT2D eigenvalue weighted by molar-refractivity contribution is -0.136. The molecule has 0 aromatic heterocycles. The van der Waals surface area contributed by atoms with Crippen molar-refractivity contribution in [3.63, 3.8) is 0 Å². The van der Waals surface area contributed by atoms with E-state index in [1.165, 1.54) is 18.7 Å². The summed E-state index contributed by atoms with van der Waals surface area (Å²) in [7, 11) is 0. The number of benzene rings is 1. The van der Waals surface area contributed by atoms with E-state index < -0.39 is 0 Å². The quantitative estimate of drug-likeness (QED) is 0.597. The molecule has 1 fully saturated rings. The van der Waals surface area contributed by atoms with Crippen molar-refractivity contribution in [3.8, 4) is 0 Å². The van der Waals surface area contributed by atoms with Crippen LogP contribution in [0.4, 0.5) is 0 Å². The highest BCUT2D eigenvalue weighted by atomic mass is 35.5. The number of carbonyl (C=O) groups is 3. The minimum atomic E-state index is -0.353. The highest BCUT2D eigenvalue weighted by molar-refractivity contribution is 8.00. The molecule has 1 heterocycles. The third-order valence-electron chi connectivity index (χ3n) is 3.81. The number of hydrogen-bond acceptors (Lipinski definition) is 4. The first kappa shape index (κ1) is 19.9. The number of amides is 3. The van der Waals surface area contributed by atoms with Gasteiger partial charge in [-0.1, -0.05) is 23.2 Å². The Labute approximate surface area is 160 Å². The average Bonchev–Trinajstić information content (AvgIpc) is 2.60. The summed E-state index contributed by atoms with van der Waals surface area (Å²) in [5.74, 6) is -0.909. The van der Waals surface area contributed by atoms with Crippen LogP contribution in [-0.2, 0) is 14.4 Å². The van der Waals surface area contributed by atoms with Gasteiger partial charge in [0.25, 0.3) is 0 Å². The maximum atomic E-state index is 12.1. The fraction of sp³-hybridized carbons (Fsp3) is 0.438. The van der Waals surface area contributed by atoms with Gasteiger partial charge in [0.1, 0.15) is 0 Å². The summed E-state index contributed by atoms with van der Waals surface area (Å²) >= 11 is 13.2. The van der Waals surface area contributed by atoms with Gasteiger partial charge < -0.3 is 4.90 Å². The van der Waals surface area contributed by atoms with E-state index in [0.29, 0.717) is 34.5 Å². The highest BCUT2D eigenvalue weighted by Gasteiger charge is 2.27. The number of halogens is 2. The van der Waals surface area contributed by atoms with Crippen molar-refractivity contribution in [2.75, 3.05) is 18.8 Å². The molecule has 0 aliphatic carbocycles. The standard InChI is InChI=1S/C16H19Cl2N3O3S/c1-10(22)21-6-2-3-11(8-21)16(24)20-19-15(23)9-25-14-7-12(17)4-5-13(14)18/h4-5,7,11H,2-3,6,8-9H2,1H3,(H,19,23)(H,20,24)/t11-/m0/s1. The summed E-state index contributed by atoms with van der Waals surface area (Å²) in [6.45, 7) is 2.53. The van der Waals surface area contributed by atoms with Crippen LogP contribution >= 0.6 is 35.0 Å². The molecule has 1 aromatic carbocycles. The topological polar surface area (TPSA) is 78.5 Å². The van der Waals surface area contributed by atoms with Crippen LogP contribution in [-0.4, -0.2) is 41.5 Å². The zero-order valence-electron chi connectivity index (χ0n) is 13.7. The molecule has 0 spiro atoms. The minimum absolute atomic E-state index is 0.0451. The Balaban J connectivity index is 1.76. The number of rotatable bonds is 4. The lowest BCUT2D eigenvalue weighted by Crippen LogP contribution is -2.50. The third-order valence-corrected chi connectivity index (χ3v) is 5.55. The third kappa shape index (κ3) is 6.09. The molecule has 1 atom stereocenters. The van der Waals surface area contributed by atoms with Gasteiger partial charge in [-0.25, -0.2) is 0 Å². The van der Waals surface area contributed by atoms with E-state index in [4.69, 9.17) is 23.2 Å². The number of carbonyl (C=O) groups excluding carboxylic acids is 3. The van der Waals surface area contributed by atoms with Gasteiger partial charge in [0.05, 0.1) is 16.7 Å². The fourth-order valence-corrected chi connectivity index (χ4v) is 3.77. The smallest absolute Gasteiger partial charge is 0.248 e. The minimum Gasteiger partial charge on any atom is -0.342 e. The molecule has 0 radical (unpaired) electrons. The van der Waals surface area contributed by atoms with Crippen molar-refractivity contribution in [1.82, 2.24) is 15.8 Å². The molecule has 2 rings (SSSR count). The molecular weight excluding hydrogens is 385 g/mol. The van der Waals surface area contributed by atoms with Crippen molar-refractivity contribution in [1.29, 1.82) is 0 Å². The highest BCUT2D eigenvalue weighted by Crippen LogP contribution is 2.29. The zero-order chi connectivity index (χ0) is 18.4. The van der Waals surface area contributed by atoms with Crippen LogP contribution < -0.4 is 10.9 Å². The van der Waals surface area contributed by atoms with Crippen LogP contribution in [0.5, 0.6) is 0 Å². The number of hydrogen-bond donors (Lipinski definition) is 2. The number of hydrazine groups is 1. The van der Waals surface area contributed by atoms with Crippen LogP contribution in [0.15, 0.2) is 23.1 Å². The van der Waals surface area contributed by atoms with E-state index in [1.54, 1.807) is 23.1 Å². The lowest BCUT2D eigenvalue weighted by Gasteiger charge is -2.31. The first-order chi connectivity index (χ1) is 11.9. The normalized spacial score (nSPS) is 17.1. The van der Waals surface area contributed by atoms with Gasteiger partial charge in [0, 0.05) is 29.9 Å². The van der Waals surface area contributed by atoms with E-state index in [2.05, 4.69) is 10.9 Å². The van der Waals surface area contributed by atoms with E-state index in [0.717, 1.165) is 6.42 Å². The Bertz CT molecular complexity index is 672. The van der Waals surface area contributed by atoms with Gasteiger partial charge in [0.2, 0.25) is 17.7 Å². The van der Waals surface area contributed by atoms with Crippen LogP contribution in [0.1, 0.15) is 19.8 Å². The van der Waals surface area contributed by atoms with Gasteiger partial charge in [-0.05, 0) is 31.0 Å². The fourth-order valence-electron chi connectivity index (χ4n) is 2.48. The number of nitrogens with one attached hydrogen (secondary N) is 2. The summed E-state index contributed by atoms with van der Waals surface area (Å²) < 4.78 is 0. The van der Waals surface area contributed by atoms with Crippen molar-refractivity contribution in [2.24, 2.45) is 5.92 Å². The molecule has 1 aliphatic rings. The molecule has 0 bridgehead atoms. The average molecular weight is 404 g/mol. The summed E-state index contributed by atoms with van der Waals surface area (Å²) in [4.78, 5) is 37.8. The van der Waals surface area contributed by atoms with Gasteiger partial charge >= 0.3 is 0 Å². The maximum Gasteiger partial charge on any atom is 0.248 e. The molecule has 6 nitrogen and oxygen atoms in total. The second-order valence-electron chi connectivity index (χ2n) is 5.71. The van der Waals surface area contributed by atoms with Crippen molar-refractivity contribution >= 4 is 52.7 Å². The van der Waals surface area contributed by atoms with Crippen molar-refractivity contribution in [2.45, 2.75) is 24.7 Å². The second kappa shape index (κ2) is 9.31. The Kier molecular flexibility index (Phi) is 7.40. The van der Waals surface area contributed by atoms with E-state index in [-0.39, 0.29) is 29.4 Å². The Morgan fingerprint density at radius 2 is 2.04 bits per heavy atom. The maximum absolute atomic E-state index is 12.1. The van der Waals surface area contributed by atoms with Crippen LogP contribution in [0.3, 0.4) is 0 Å². The first-order valence-corrected chi connectivity index (χ1v) is 9.53. The van der Waals surface area contributed by atoms with Crippen LogP contribution in [0.25, 0.3) is 0 Å². The molecule has 0 unspecified atom stereocenters. The number of piperidine rings is 1. The Hall–Kier alpha value is -1.44. The van der Waals surface area contributed by atoms with E-state index >= 15 is 0 Å². The van der Waals surface area contributed by atoms with Crippen LogP contribution in [0.2, 0.25) is 10.0 Å². The molecule has 136 valence electrons.